The number of allylic oxidation sites excluding steroid dienone is 1. The van der Waals surface area contributed by atoms with Crippen LogP contribution in [0.4, 0.5) is 4.39 Å². The largest absolute Gasteiger partial charge is 0.428 e. The number of hydrogen-bond donors (Lipinski definition) is 0. The first kappa shape index (κ1) is 24.9. The van der Waals surface area contributed by atoms with E-state index in [1.165, 1.54) is 0 Å². The smallest absolute Gasteiger partial charge is 0.344 e. The summed E-state index contributed by atoms with van der Waals surface area (Å²) in [5.74, 6) is -1.71. The highest BCUT2D eigenvalue weighted by atomic mass is 19.1. The number of rotatable bonds is 4. The van der Waals surface area contributed by atoms with Gasteiger partial charge in [0.25, 0.3) is 0 Å². The lowest BCUT2D eigenvalue weighted by Gasteiger charge is -2.59. The molecule has 0 amide bonds. The van der Waals surface area contributed by atoms with Crippen LogP contribution >= 0.6 is 0 Å². The maximum absolute atomic E-state index is 15.6. The fourth-order valence-corrected chi connectivity index (χ4v) is 8.37. The molecule has 0 aromatic rings. The molecule has 4 aliphatic carbocycles. The Morgan fingerprint density at radius 1 is 1.11 bits per heavy atom. The first-order valence-electron chi connectivity index (χ1n) is 13.0. The van der Waals surface area contributed by atoms with Crippen LogP contribution in [0.15, 0.2) is 11.6 Å². The molecule has 0 radical (unpaired) electrons. The molecule has 0 spiro atoms. The molecule has 1 saturated heterocycles. The molecule has 0 aromatic heterocycles. The first-order chi connectivity index (χ1) is 16.4. The minimum absolute atomic E-state index is 0.00217. The van der Waals surface area contributed by atoms with E-state index in [4.69, 9.17) is 18.9 Å². The molecule has 4 fully saturated rings. The molecule has 8 atom stereocenters. The highest BCUT2D eigenvalue weighted by molar-refractivity contribution is 5.92. The number of ketones is 1. The lowest BCUT2D eigenvalue weighted by molar-refractivity contribution is -0.232. The summed E-state index contributed by atoms with van der Waals surface area (Å²) in [6.07, 6.45) is 3.60. The first-order valence-corrected chi connectivity index (χ1v) is 13.0. The number of alkyl halides is 1. The van der Waals surface area contributed by atoms with E-state index >= 15 is 4.39 Å². The van der Waals surface area contributed by atoms with Gasteiger partial charge < -0.3 is 18.9 Å². The molecule has 3 saturated carbocycles. The van der Waals surface area contributed by atoms with Gasteiger partial charge in [0, 0.05) is 18.3 Å². The van der Waals surface area contributed by atoms with Crippen LogP contribution in [0, 0.1) is 28.6 Å². The number of carbonyl (C=O) groups is 3. The number of ether oxygens (including phenoxy) is 4. The Kier molecular flexibility index (Phi) is 5.76. The Balaban J connectivity index is 1.48. The van der Waals surface area contributed by atoms with Gasteiger partial charge in [0.15, 0.2) is 17.2 Å². The Bertz CT molecular complexity index is 975. The van der Waals surface area contributed by atoms with Gasteiger partial charge in [-0.2, -0.15) is 0 Å². The topological polar surface area (TPSA) is 88.1 Å². The third-order valence-corrected chi connectivity index (χ3v) is 9.93. The summed E-state index contributed by atoms with van der Waals surface area (Å²) in [6, 6.07) is 0. The monoisotopic (exact) mass is 492 g/mol. The molecule has 0 unspecified atom stereocenters. The van der Waals surface area contributed by atoms with Crippen LogP contribution in [0.2, 0.25) is 0 Å². The Hall–Kier alpha value is -1.80. The van der Waals surface area contributed by atoms with Crippen molar-refractivity contribution in [1.82, 2.24) is 0 Å². The summed E-state index contributed by atoms with van der Waals surface area (Å²) in [7, 11) is 0. The summed E-state index contributed by atoms with van der Waals surface area (Å²) in [6.45, 7) is 8.96. The van der Waals surface area contributed by atoms with Gasteiger partial charge in [0.05, 0.1) is 0 Å². The average Bonchev–Trinajstić information content (AvgIpc) is 3.21. The number of halogens is 1. The van der Waals surface area contributed by atoms with E-state index in [1.54, 1.807) is 26.8 Å². The van der Waals surface area contributed by atoms with Crippen molar-refractivity contribution in [2.24, 2.45) is 28.6 Å². The van der Waals surface area contributed by atoms with Crippen molar-refractivity contribution in [2.75, 3.05) is 6.79 Å². The molecule has 0 bridgehead atoms. The third-order valence-electron chi connectivity index (χ3n) is 9.93. The van der Waals surface area contributed by atoms with Crippen molar-refractivity contribution in [3.05, 3.63) is 11.6 Å². The second-order valence-corrected chi connectivity index (χ2v) is 12.0. The zero-order valence-corrected chi connectivity index (χ0v) is 21.4. The van der Waals surface area contributed by atoms with Crippen molar-refractivity contribution in [1.29, 1.82) is 0 Å². The van der Waals surface area contributed by atoms with Gasteiger partial charge in [-0.1, -0.05) is 20.8 Å². The molecule has 5 aliphatic rings. The van der Waals surface area contributed by atoms with Gasteiger partial charge in [-0.05, 0) is 80.8 Å². The van der Waals surface area contributed by atoms with Gasteiger partial charge in [0.1, 0.15) is 12.3 Å². The number of carbonyl (C=O) groups excluding carboxylic acids is 3. The molecule has 1 aliphatic heterocycles. The van der Waals surface area contributed by atoms with Crippen molar-refractivity contribution in [3.8, 4) is 0 Å². The molecule has 1 heterocycles. The van der Waals surface area contributed by atoms with Crippen LogP contribution in [0.3, 0.4) is 0 Å². The fraction of sp³-hybridized carbons (Fsp3) is 0.815. The molecular weight excluding hydrogens is 455 g/mol. The number of esters is 2. The average molecular weight is 493 g/mol. The highest BCUT2D eigenvalue weighted by Gasteiger charge is 2.77. The lowest BCUT2D eigenvalue weighted by atomic mass is 9.46. The molecule has 194 valence electrons. The molecule has 0 N–H and O–H groups in total. The number of hydrogen-bond acceptors (Lipinski definition) is 7. The second kappa shape index (κ2) is 8.10. The molecule has 35 heavy (non-hydrogen) atoms. The normalized spacial score (nSPS) is 45.5. The summed E-state index contributed by atoms with van der Waals surface area (Å²) in [5, 5.41) is 0. The molecule has 5 rings (SSSR count). The lowest BCUT2D eigenvalue weighted by Crippen LogP contribution is -2.61. The van der Waals surface area contributed by atoms with Gasteiger partial charge >= 0.3 is 11.9 Å². The summed E-state index contributed by atoms with van der Waals surface area (Å²) in [5.41, 5.74) is -1.66. The maximum atomic E-state index is 15.6. The minimum Gasteiger partial charge on any atom is -0.428 e. The maximum Gasteiger partial charge on any atom is 0.344 e. The van der Waals surface area contributed by atoms with E-state index < -0.39 is 47.8 Å². The van der Waals surface area contributed by atoms with Crippen LogP contribution < -0.4 is 0 Å². The predicted octanol–water partition coefficient (Wildman–Crippen LogP) is 4.42. The molecule has 0 aromatic carbocycles. The summed E-state index contributed by atoms with van der Waals surface area (Å²) in [4.78, 5) is 37.3. The SMILES string of the molecule is CCC(=O)OCOC(=O)[C@@]12OC(C)(C)O[C@@H]1C[C@H]1[C@@H]3C[C@H](F)C4=CC(=O)CC[C@]4(C)[C@H]3CC[C@@]12C. The van der Waals surface area contributed by atoms with Gasteiger partial charge in [0.2, 0.25) is 6.79 Å². The quantitative estimate of drug-likeness (QED) is 0.424. The second-order valence-electron chi connectivity index (χ2n) is 12.0. The molecule has 7 nitrogen and oxygen atoms in total. The Labute approximate surface area is 206 Å². The Morgan fingerprint density at radius 2 is 1.86 bits per heavy atom. The van der Waals surface area contributed by atoms with Crippen LogP contribution in [0.25, 0.3) is 0 Å². The third kappa shape index (κ3) is 3.45. The van der Waals surface area contributed by atoms with Crippen molar-refractivity contribution in [2.45, 2.75) is 103 Å². The Morgan fingerprint density at radius 3 is 2.57 bits per heavy atom. The van der Waals surface area contributed by atoms with Gasteiger partial charge in [-0.15, -0.1) is 0 Å². The number of fused-ring (bicyclic) bond motifs is 7. The van der Waals surface area contributed by atoms with Crippen molar-refractivity contribution in [3.63, 3.8) is 0 Å². The van der Waals surface area contributed by atoms with Crippen LogP contribution in [-0.2, 0) is 33.3 Å². The molecule has 8 heteroatoms. The predicted molar refractivity (Wildman–Crippen MR) is 122 cm³/mol. The van der Waals surface area contributed by atoms with Crippen molar-refractivity contribution >= 4 is 17.7 Å². The van der Waals surface area contributed by atoms with E-state index in [-0.39, 0.29) is 35.4 Å². The van der Waals surface area contributed by atoms with Crippen LogP contribution in [0.1, 0.15) is 79.6 Å². The summed E-state index contributed by atoms with van der Waals surface area (Å²) < 4.78 is 38.8. The highest BCUT2D eigenvalue weighted by Crippen LogP contribution is 2.71. The van der Waals surface area contributed by atoms with Crippen molar-refractivity contribution < 1.29 is 37.7 Å². The zero-order chi connectivity index (χ0) is 25.4. The van der Waals surface area contributed by atoms with E-state index in [0.29, 0.717) is 37.7 Å². The minimum atomic E-state index is -1.35. The van der Waals surface area contributed by atoms with E-state index in [1.807, 2.05) is 0 Å². The van der Waals surface area contributed by atoms with Gasteiger partial charge in [-0.3, -0.25) is 9.59 Å². The fourth-order valence-electron chi connectivity index (χ4n) is 8.37. The summed E-state index contributed by atoms with van der Waals surface area (Å²) >= 11 is 0. The van der Waals surface area contributed by atoms with E-state index in [0.717, 1.165) is 6.42 Å². The molecular formula is C27H37FO7. The van der Waals surface area contributed by atoms with E-state index in [9.17, 15) is 14.4 Å². The van der Waals surface area contributed by atoms with E-state index in [2.05, 4.69) is 13.8 Å². The van der Waals surface area contributed by atoms with Crippen LogP contribution in [0.5, 0.6) is 0 Å². The standard InChI is InChI=1S/C27H37FO7/c1-6-22(30)32-14-33-23(31)27-21(34-24(2,3)35-27)13-18-16-12-20(28)19-11-15(29)7-9-25(19,4)17(16)8-10-26(18,27)5/h11,16-18,20-21H,6-10,12-14H2,1-5H3/t16-,17+,18+,20+,21-,25-,26+,27+/m1/s1. The van der Waals surface area contributed by atoms with Gasteiger partial charge in [-0.25, -0.2) is 9.18 Å². The zero-order valence-electron chi connectivity index (χ0n) is 21.4. The van der Waals surface area contributed by atoms with Crippen LogP contribution in [-0.4, -0.2) is 48.2 Å².